The van der Waals surface area contributed by atoms with E-state index in [4.69, 9.17) is 4.74 Å². The van der Waals surface area contributed by atoms with Gasteiger partial charge in [-0.05, 0) is 29.2 Å². The summed E-state index contributed by atoms with van der Waals surface area (Å²) in [6, 6.07) is 12.6. The van der Waals surface area contributed by atoms with Crippen molar-refractivity contribution in [2.24, 2.45) is 5.92 Å². The van der Waals surface area contributed by atoms with E-state index in [-0.39, 0.29) is 17.9 Å². The molecule has 0 amide bonds. The Hall–Kier alpha value is -2.99. The number of aliphatic carboxylic acids is 1. The van der Waals surface area contributed by atoms with Gasteiger partial charge in [-0.1, -0.05) is 69.2 Å². The topological polar surface area (TPSA) is 107 Å². The lowest BCUT2D eigenvalue weighted by molar-refractivity contribution is -0.150. The van der Waals surface area contributed by atoms with Gasteiger partial charge in [-0.25, -0.2) is 0 Å². The van der Waals surface area contributed by atoms with Gasteiger partial charge in [0.05, 0.1) is 6.61 Å². The molecule has 3 rings (SSSR count). The minimum atomic E-state index is -2.08. The Morgan fingerprint density at radius 1 is 1.07 bits per heavy atom. The first-order valence-corrected chi connectivity index (χ1v) is 10.3. The number of rotatable bonds is 8. The van der Waals surface area contributed by atoms with Crippen LogP contribution < -0.4 is 0 Å². The summed E-state index contributed by atoms with van der Waals surface area (Å²) in [6.07, 6.45) is 2.45. The molecule has 4 N–H and O–H groups in total. The highest BCUT2D eigenvalue weighted by molar-refractivity contribution is 5.89. The van der Waals surface area contributed by atoms with Crippen LogP contribution in [0.3, 0.4) is 0 Å². The third-order valence-electron chi connectivity index (χ3n) is 5.57. The number of unbranched alkanes of at least 4 members (excludes halogenated alkanes) is 1. The second kappa shape index (κ2) is 8.79. The zero-order chi connectivity index (χ0) is 21.9. The molecule has 0 aromatic heterocycles. The first-order chi connectivity index (χ1) is 14.4. The lowest BCUT2D eigenvalue weighted by Crippen LogP contribution is -2.46. The fraction of sp³-hybridized carbons (Fsp3) is 0.375. The molecule has 0 aliphatic heterocycles. The number of hydrogen-bond acceptors (Lipinski definition) is 5. The maximum Gasteiger partial charge on any atom is 0.318 e. The van der Waals surface area contributed by atoms with Crippen molar-refractivity contribution in [3.63, 3.8) is 0 Å². The average molecular weight is 412 g/mol. The molecule has 6 nitrogen and oxygen atoms in total. The van der Waals surface area contributed by atoms with E-state index in [1.807, 2.05) is 38.1 Å². The highest BCUT2D eigenvalue weighted by Gasteiger charge is 2.54. The van der Waals surface area contributed by atoms with Gasteiger partial charge in [0.1, 0.15) is 5.60 Å². The van der Waals surface area contributed by atoms with Crippen LogP contribution in [-0.2, 0) is 15.1 Å². The summed E-state index contributed by atoms with van der Waals surface area (Å²) in [5.74, 6) is -4.65. The summed E-state index contributed by atoms with van der Waals surface area (Å²) >= 11 is 0. The summed E-state index contributed by atoms with van der Waals surface area (Å²) in [5.41, 5.74) is -1.46. The van der Waals surface area contributed by atoms with Gasteiger partial charge in [0.25, 0.3) is 0 Å². The second-order valence-electron chi connectivity index (χ2n) is 7.56. The number of fused-ring (bicyclic) bond motifs is 1. The molecule has 0 radical (unpaired) electrons. The SMILES string of the molecule is CCCCOC1=C(CCC)C(O)(c2cccc3ccccc23)C(C(=O)O)C(O)=C1O. The molecule has 2 unspecified atom stereocenters. The van der Waals surface area contributed by atoms with Gasteiger partial charge in [-0.2, -0.15) is 0 Å². The summed E-state index contributed by atoms with van der Waals surface area (Å²) < 4.78 is 5.79. The Bertz CT molecular complexity index is 1000. The fourth-order valence-corrected chi connectivity index (χ4v) is 4.14. The number of benzene rings is 2. The van der Waals surface area contributed by atoms with Gasteiger partial charge in [0.15, 0.2) is 23.2 Å². The molecule has 160 valence electrons. The number of aliphatic hydroxyl groups is 3. The lowest BCUT2D eigenvalue weighted by atomic mass is 9.69. The van der Waals surface area contributed by atoms with Crippen LogP contribution in [0.25, 0.3) is 10.8 Å². The van der Waals surface area contributed by atoms with Gasteiger partial charge < -0.3 is 25.2 Å². The van der Waals surface area contributed by atoms with Crippen molar-refractivity contribution in [1.82, 2.24) is 0 Å². The number of aliphatic hydroxyl groups excluding tert-OH is 2. The molecule has 0 heterocycles. The Morgan fingerprint density at radius 3 is 2.43 bits per heavy atom. The standard InChI is InChI=1S/C24H28O6/c1-3-5-14-30-22-18(9-4-2)24(29,19(23(27)28)20(25)21(22)26)17-13-8-11-15-10-6-7-12-16(15)17/h6-8,10-13,19,25-26,29H,3-5,9,14H2,1-2H3,(H,27,28). The van der Waals surface area contributed by atoms with Gasteiger partial charge in [0.2, 0.25) is 0 Å². The molecule has 30 heavy (non-hydrogen) atoms. The van der Waals surface area contributed by atoms with E-state index in [0.717, 1.165) is 11.8 Å². The van der Waals surface area contributed by atoms with Crippen LogP contribution in [0.1, 0.15) is 45.1 Å². The van der Waals surface area contributed by atoms with Crippen molar-refractivity contribution < 1.29 is 30.0 Å². The van der Waals surface area contributed by atoms with Crippen molar-refractivity contribution in [2.45, 2.75) is 45.1 Å². The quantitative estimate of drug-likeness (QED) is 0.458. The number of carbonyl (C=O) groups is 1. The average Bonchev–Trinajstić information content (AvgIpc) is 2.73. The van der Waals surface area contributed by atoms with Crippen LogP contribution in [0, 0.1) is 5.92 Å². The van der Waals surface area contributed by atoms with Crippen LogP contribution in [0.2, 0.25) is 0 Å². The molecule has 1 aliphatic carbocycles. The lowest BCUT2D eigenvalue weighted by Gasteiger charge is -2.41. The predicted octanol–water partition coefficient (Wildman–Crippen LogP) is 4.94. The van der Waals surface area contributed by atoms with E-state index >= 15 is 0 Å². The van der Waals surface area contributed by atoms with Crippen LogP contribution in [0.15, 0.2) is 65.3 Å². The van der Waals surface area contributed by atoms with E-state index in [2.05, 4.69) is 0 Å². The second-order valence-corrected chi connectivity index (χ2v) is 7.56. The van der Waals surface area contributed by atoms with Crippen molar-refractivity contribution in [1.29, 1.82) is 0 Å². The molecular weight excluding hydrogens is 384 g/mol. The molecule has 0 saturated heterocycles. The first kappa shape index (κ1) is 21.7. The summed E-state index contributed by atoms with van der Waals surface area (Å²) in [7, 11) is 0. The van der Waals surface area contributed by atoms with E-state index in [1.165, 1.54) is 0 Å². The van der Waals surface area contributed by atoms with Crippen molar-refractivity contribution in [2.75, 3.05) is 6.61 Å². The van der Waals surface area contributed by atoms with Crippen LogP contribution >= 0.6 is 0 Å². The molecule has 0 saturated carbocycles. The van der Waals surface area contributed by atoms with Crippen LogP contribution in [0.4, 0.5) is 0 Å². The monoisotopic (exact) mass is 412 g/mol. The van der Waals surface area contributed by atoms with E-state index < -0.39 is 29.0 Å². The Morgan fingerprint density at radius 2 is 1.77 bits per heavy atom. The van der Waals surface area contributed by atoms with Crippen molar-refractivity contribution in [3.8, 4) is 0 Å². The minimum Gasteiger partial charge on any atom is -0.507 e. The Balaban J connectivity index is 2.34. The third-order valence-corrected chi connectivity index (χ3v) is 5.57. The van der Waals surface area contributed by atoms with E-state index in [1.54, 1.807) is 18.2 Å². The molecule has 2 aromatic rings. The van der Waals surface area contributed by atoms with Gasteiger partial charge in [-0.3, -0.25) is 4.79 Å². The molecule has 1 aliphatic rings. The zero-order valence-corrected chi connectivity index (χ0v) is 17.3. The maximum atomic E-state index is 12.2. The molecule has 6 heteroatoms. The zero-order valence-electron chi connectivity index (χ0n) is 17.3. The van der Waals surface area contributed by atoms with Gasteiger partial charge in [0, 0.05) is 5.57 Å². The van der Waals surface area contributed by atoms with Crippen LogP contribution in [0.5, 0.6) is 0 Å². The molecule has 0 fully saturated rings. The van der Waals surface area contributed by atoms with E-state index in [9.17, 15) is 25.2 Å². The number of hydrogen-bond donors (Lipinski definition) is 4. The van der Waals surface area contributed by atoms with Gasteiger partial charge >= 0.3 is 5.97 Å². The van der Waals surface area contributed by atoms with Crippen LogP contribution in [-0.4, -0.2) is 33.0 Å². The fourth-order valence-electron chi connectivity index (χ4n) is 4.14. The Kier molecular flexibility index (Phi) is 6.37. The third kappa shape index (κ3) is 3.52. The van der Waals surface area contributed by atoms with Gasteiger partial charge in [-0.15, -0.1) is 0 Å². The molecule has 0 bridgehead atoms. The summed E-state index contributed by atoms with van der Waals surface area (Å²) in [4.78, 5) is 12.2. The predicted molar refractivity (Wildman–Crippen MR) is 114 cm³/mol. The smallest absolute Gasteiger partial charge is 0.318 e. The molecule has 2 aromatic carbocycles. The largest absolute Gasteiger partial charge is 0.507 e. The maximum absolute atomic E-state index is 12.2. The molecular formula is C24H28O6. The normalized spacial score (nSPS) is 21.9. The minimum absolute atomic E-state index is 0.0317. The highest BCUT2D eigenvalue weighted by atomic mass is 16.5. The summed E-state index contributed by atoms with van der Waals surface area (Å²) in [5, 5.41) is 44.8. The van der Waals surface area contributed by atoms with Crippen molar-refractivity contribution in [3.05, 3.63) is 70.9 Å². The highest BCUT2D eigenvalue weighted by Crippen LogP contribution is 2.50. The number of carboxylic acids is 1. The number of carboxylic acid groups (broad SMARTS) is 1. The van der Waals surface area contributed by atoms with E-state index in [0.29, 0.717) is 30.2 Å². The number of ether oxygens (including phenoxy) is 1. The Labute approximate surface area is 175 Å². The summed E-state index contributed by atoms with van der Waals surface area (Å²) in [6.45, 7) is 4.16. The first-order valence-electron chi connectivity index (χ1n) is 10.3. The molecule has 0 spiro atoms. The van der Waals surface area contributed by atoms with Crippen molar-refractivity contribution >= 4 is 16.7 Å². The molecule has 2 atom stereocenters.